The topological polar surface area (TPSA) is 58.4 Å². The van der Waals surface area contributed by atoms with Gasteiger partial charge in [0.1, 0.15) is 5.69 Å². The maximum Gasteiger partial charge on any atom is 0.289 e. The van der Waals surface area contributed by atoms with Crippen LogP contribution in [0.1, 0.15) is 72.3 Å². The van der Waals surface area contributed by atoms with E-state index in [1.54, 1.807) is 0 Å². The molecule has 6 nitrogen and oxygen atoms in total. The van der Waals surface area contributed by atoms with E-state index >= 15 is 0 Å². The minimum Gasteiger partial charge on any atom is -0.337 e. The first-order chi connectivity index (χ1) is 12.1. The third-order valence-corrected chi connectivity index (χ3v) is 5.85. The Morgan fingerprint density at radius 3 is 2.40 bits per heavy atom. The van der Waals surface area contributed by atoms with E-state index in [1.807, 2.05) is 14.4 Å². The van der Waals surface area contributed by atoms with Crippen LogP contribution >= 0.6 is 0 Å². The Morgan fingerprint density at radius 1 is 0.920 bits per heavy atom. The minimum absolute atomic E-state index is 0.00622. The smallest absolute Gasteiger partial charge is 0.289 e. The summed E-state index contributed by atoms with van der Waals surface area (Å²) >= 11 is 0. The Kier molecular flexibility index (Phi) is 4.52. The molecule has 1 atom stereocenters. The molecule has 0 radical (unpaired) electrons. The van der Waals surface area contributed by atoms with Crippen molar-refractivity contribution < 1.29 is 9.59 Å². The molecule has 0 N–H and O–H groups in total. The van der Waals surface area contributed by atoms with Gasteiger partial charge in [-0.25, -0.2) is 4.98 Å². The van der Waals surface area contributed by atoms with Gasteiger partial charge in [0, 0.05) is 32.7 Å². The molecule has 2 fully saturated rings. The number of aromatic nitrogens is 2. The van der Waals surface area contributed by atoms with Crippen molar-refractivity contribution in [2.24, 2.45) is 5.92 Å². The zero-order valence-electron chi connectivity index (χ0n) is 15.2. The van der Waals surface area contributed by atoms with Gasteiger partial charge in [-0.05, 0) is 50.9 Å². The second kappa shape index (κ2) is 6.81. The first-order valence-corrected chi connectivity index (χ1v) is 9.83. The van der Waals surface area contributed by atoms with Gasteiger partial charge < -0.3 is 14.4 Å². The molecule has 1 aromatic rings. The number of imidazole rings is 1. The molecule has 0 aromatic carbocycles. The molecule has 2 saturated heterocycles. The highest BCUT2D eigenvalue weighted by Crippen LogP contribution is 2.25. The zero-order chi connectivity index (χ0) is 17.4. The van der Waals surface area contributed by atoms with Gasteiger partial charge in [0.05, 0.1) is 5.69 Å². The SMILES string of the molecule is CC1CCCN(C(=O)c2nc(C(=O)N3CCCC3)n3c2CCCC3)C1. The van der Waals surface area contributed by atoms with Crippen LogP contribution in [0.4, 0.5) is 0 Å². The fourth-order valence-electron chi connectivity index (χ4n) is 4.46. The summed E-state index contributed by atoms with van der Waals surface area (Å²) in [5.41, 5.74) is 1.52. The zero-order valence-corrected chi connectivity index (χ0v) is 15.2. The lowest BCUT2D eigenvalue weighted by atomic mass is 9.99. The van der Waals surface area contributed by atoms with Gasteiger partial charge in [0.25, 0.3) is 11.8 Å². The standard InChI is InChI=1S/C19H28N4O2/c1-14-7-6-11-22(13-14)18(24)16-15-8-2-3-12-23(15)17(20-16)19(25)21-9-4-5-10-21/h14H,2-13H2,1H3. The molecule has 4 rings (SSSR count). The number of carbonyl (C=O) groups excluding carboxylic acids is 2. The predicted molar refractivity (Wildman–Crippen MR) is 94.6 cm³/mol. The molecule has 0 bridgehead atoms. The van der Waals surface area contributed by atoms with E-state index in [2.05, 4.69) is 11.9 Å². The normalized spacial score (nSPS) is 23.6. The molecule has 136 valence electrons. The van der Waals surface area contributed by atoms with Crippen LogP contribution in [0.15, 0.2) is 0 Å². The Bertz CT molecular complexity index is 675. The number of carbonyl (C=O) groups is 2. The van der Waals surface area contributed by atoms with Crippen molar-refractivity contribution in [1.29, 1.82) is 0 Å². The van der Waals surface area contributed by atoms with Crippen LogP contribution < -0.4 is 0 Å². The third-order valence-electron chi connectivity index (χ3n) is 5.85. The van der Waals surface area contributed by atoms with Crippen molar-refractivity contribution >= 4 is 11.8 Å². The highest BCUT2D eigenvalue weighted by atomic mass is 16.2. The third kappa shape index (κ3) is 3.07. The number of hydrogen-bond acceptors (Lipinski definition) is 3. The quantitative estimate of drug-likeness (QED) is 0.827. The fourth-order valence-corrected chi connectivity index (χ4v) is 4.46. The fraction of sp³-hybridized carbons (Fsp3) is 0.737. The van der Waals surface area contributed by atoms with Crippen LogP contribution in [0.25, 0.3) is 0 Å². The second-order valence-electron chi connectivity index (χ2n) is 7.84. The maximum atomic E-state index is 13.1. The van der Waals surface area contributed by atoms with E-state index in [0.717, 1.165) is 76.9 Å². The van der Waals surface area contributed by atoms with Crippen LogP contribution in [0.3, 0.4) is 0 Å². The Hall–Kier alpha value is -1.85. The van der Waals surface area contributed by atoms with Gasteiger partial charge >= 0.3 is 0 Å². The number of fused-ring (bicyclic) bond motifs is 1. The average molecular weight is 344 g/mol. The van der Waals surface area contributed by atoms with Crippen LogP contribution in [-0.4, -0.2) is 57.3 Å². The Morgan fingerprint density at radius 2 is 1.64 bits per heavy atom. The van der Waals surface area contributed by atoms with Crippen molar-refractivity contribution in [2.75, 3.05) is 26.2 Å². The van der Waals surface area contributed by atoms with Crippen LogP contribution in [0, 0.1) is 5.92 Å². The van der Waals surface area contributed by atoms with Gasteiger partial charge in [0.15, 0.2) is 5.82 Å². The molecule has 0 spiro atoms. The molecule has 3 aliphatic rings. The summed E-state index contributed by atoms with van der Waals surface area (Å²) in [7, 11) is 0. The first kappa shape index (κ1) is 16.6. The minimum atomic E-state index is 0.00622. The summed E-state index contributed by atoms with van der Waals surface area (Å²) in [6.07, 6.45) is 7.35. The lowest BCUT2D eigenvalue weighted by Gasteiger charge is -2.30. The summed E-state index contributed by atoms with van der Waals surface area (Å²) in [5, 5.41) is 0. The summed E-state index contributed by atoms with van der Waals surface area (Å²) in [5.74, 6) is 1.07. The van der Waals surface area contributed by atoms with Crippen LogP contribution in [0.5, 0.6) is 0 Å². The molecule has 3 aliphatic heterocycles. The molecular formula is C19H28N4O2. The lowest BCUT2D eigenvalue weighted by molar-refractivity contribution is 0.0676. The number of likely N-dealkylation sites (tertiary alicyclic amines) is 2. The van der Waals surface area contributed by atoms with Gasteiger partial charge in [0.2, 0.25) is 0 Å². The van der Waals surface area contributed by atoms with Crippen molar-refractivity contribution in [3.8, 4) is 0 Å². The largest absolute Gasteiger partial charge is 0.337 e. The number of amides is 2. The summed E-state index contributed by atoms with van der Waals surface area (Å²) < 4.78 is 2.03. The number of rotatable bonds is 2. The summed E-state index contributed by atoms with van der Waals surface area (Å²) in [4.78, 5) is 34.4. The Balaban J connectivity index is 1.65. The molecule has 0 saturated carbocycles. The van der Waals surface area contributed by atoms with E-state index in [0.29, 0.717) is 17.4 Å². The van der Waals surface area contributed by atoms with Crippen molar-refractivity contribution in [3.05, 3.63) is 17.2 Å². The number of nitrogens with zero attached hydrogens (tertiary/aromatic N) is 4. The lowest BCUT2D eigenvalue weighted by Crippen LogP contribution is -2.39. The molecule has 6 heteroatoms. The molecule has 4 heterocycles. The Labute approximate surface area is 149 Å². The van der Waals surface area contributed by atoms with Gasteiger partial charge in [-0.2, -0.15) is 0 Å². The highest BCUT2D eigenvalue weighted by molar-refractivity contribution is 5.97. The molecule has 2 amide bonds. The van der Waals surface area contributed by atoms with Crippen molar-refractivity contribution in [3.63, 3.8) is 0 Å². The molecular weight excluding hydrogens is 316 g/mol. The second-order valence-corrected chi connectivity index (χ2v) is 7.84. The molecule has 0 aliphatic carbocycles. The molecule has 25 heavy (non-hydrogen) atoms. The van der Waals surface area contributed by atoms with Crippen LogP contribution in [0.2, 0.25) is 0 Å². The number of piperidine rings is 1. The average Bonchev–Trinajstić information content (AvgIpc) is 3.29. The van der Waals surface area contributed by atoms with Crippen molar-refractivity contribution in [1.82, 2.24) is 19.4 Å². The first-order valence-electron chi connectivity index (χ1n) is 9.83. The van der Waals surface area contributed by atoms with E-state index < -0.39 is 0 Å². The van der Waals surface area contributed by atoms with E-state index in [4.69, 9.17) is 0 Å². The molecule has 1 unspecified atom stereocenters. The van der Waals surface area contributed by atoms with E-state index in [-0.39, 0.29) is 11.8 Å². The van der Waals surface area contributed by atoms with E-state index in [9.17, 15) is 9.59 Å². The van der Waals surface area contributed by atoms with Gasteiger partial charge in [-0.15, -0.1) is 0 Å². The van der Waals surface area contributed by atoms with Crippen molar-refractivity contribution in [2.45, 2.75) is 58.4 Å². The summed E-state index contributed by atoms with van der Waals surface area (Å²) in [6, 6.07) is 0. The monoisotopic (exact) mass is 344 g/mol. The predicted octanol–water partition coefficient (Wildman–Crippen LogP) is 2.33. The van der Waals surface area contributed by atoms with E-state index in [1.165, 1.54) is 6.42 Å². The maximum absolute atomic E-state index is 13.1. The summed E-state index contributed by atoms with van der Waals surface area (Å²) in [6.45, 7) is 6.25. The molecule has 1 aromatic heterocycles. The highest BCUT2D eigenvalue weighted by Gasteiger charge is 2.33. The van der Waals surface area contributed by atoms with Gasteiger partial charge in [-0.3, -0.25) is 9.59 Å². The van der Waals surface area contributed by atoms with Crippen LogP contribution in [-0.2, 0) is 13.0 Å². The number of hydrogen-bond donors (Lipinski definition) is 0. The van der Waals surface area contributed by atoms with Gasteiger partial charge in [-0.1, -0.05) is 6.92 Å².